The van der Waals surface area contributed by atoms with E-state index in [2.05, 4.69) is 14.9 Å². The summed E-state index contributed by atoms with van der Waals surface area (Å²) in [7, 11) is 3.40. The topological polar surface area (TPSA) is 78.9 Å². The number of hydrogen-bond acceptors (Lipinski definition) is 6. The summed E-state index contributed by atoms with van der Waals surface area (Å²) in [5.41, 5.74) is 2.05. The van der Waals surface area contributed by atoms with Gasteiger partial charge in [-0.05, 0) is 6.42 Å². The number of hydrogen-bond donors (Lipinski definition) is 0. The van der Waals surface area contributed by atoms with Gasteiger partial charge in [-0.25, -0.2) is 9.97 Å². The van der Waals surface area contributed by atoms with E-state index in [0.717, 1.165) is 36.6 Å². The van der Waals surface area contributed by atoms with E-state index >= 15 is 0 Å². The van der Waals surface area contributed by atoms with Gasteiger partial charge in [0.15, 0.2) is 0 Å². The molecule has 136 valence electrons. The van der Waals surface area contributed by atoms with Gasteiger partial charge in [-0.15, -0.1) is 0 Å². The lowest BCUT2D eigenvalue weighted by Crippen LogP contribution is -2.40. The number of carbonyl (C=O) groups is 2. The van der Waals surface area contributed by atoms with E-state index in [9.17, 15) is 9.59 Å². The van der Waals surface area contributed by atoms with Gasteiger partial charge in [0.2, 0.25) is 11.8 Å². The maximum Gasteiger partial charge on any atom is 0.223 e. The van der Waals surface area contributed by atoms with Gasteiger partial charge < -0.3 is 19.4 Å². The molecule has 2 amide bonds. The maximum absolute atomic E-state index is 12.4. The summed E-state index contributed by atoms with van der Waals surface area (Å²) in [6, 6.07) is 0. The molecule has 1 aromatic heterocycles. The first-order valence-corrected chi connectivity index (χ1v) is 8.69. The van der Waals surface area contributed by atoms with Crippen LogP contribution in [-0.2, 0) is 27.3 Å². The molecule has 0 aromatic carbocycles. The van der Waals surface area contributed by atoms with Gasteiger partial charge in [-0.2, -0.15) is 0 Å². The number of nitrogens with zero attached hydrogens (tertiary/aromatic N) is 5. The van der Waals surface area contributed by atoms with Crippen molar-refractivity contribution in [3.05, 3.63) is 17.6 Å². The Morgan fingerprint density at radius 2 is 1.92 bits per heavy atom. The zero-order valence-corrected chi connectivity index (χ0v) is 14.9. The lowest BCUT2D eigenvalue weighted by molar-refractivity contribution is -0.136. The van der Waals surface area contributed by atoms with Crippen LogP contribution in [0.1, 0.15) is 24.1 Å². The summed E-state index contributed by atoms with van der Waals surface area (Å²) in [4.78, 5) is 38.5. The Morgan fingerprint density at radius 3 is 2.64 bits per heavy atom. The van der Waals surface area contributed by atoms with Crippen molar-refractivity contribution in [1.82, 2.24) is 19.8 Å². The molecule has 3 heterocycles. The van der Waals surface area contributed by atoms with Crippen LogP contribution in [0.15, 0.2) is 6.33 Å². The molecule has 8 nitrogen and oxygen atoms in total. The van der Waals surface area contributed by atoms with Crippen molar-refractivity contribution in [3.8, 4) is 0 Å². The Morgan fingerprint density at radius 1 is 1.16 bits per heavy atom. The van der Waals surface area contributed by atoms with Crippen molar-refractivity contribution in [2.24, 2.45) is 0 Å². The van der Waals surface area contributed by atoms with E-state index in [0.29, 0.717) is 26.3 Å². The van der Waals surface area contributed by atoms with E-state index < -0.39 is 0 Å². The molecule has 8 heteroatoms. The average Bonchev–Trinajstić information content (AvgIpc) is 2.65. The smallest absolute Gasteiger partial charge is 0.223 e. The highest BCUT2D eigenvalue weighted by Crippen LogP contribution is 2.26. The molecule has 0 bridgehead atoms. The fraction of sp³-hybridized carbons (Fsp3) is 0.647. The summed E-state index contributed by atoms with van der Waals surface area (Å²) in [5, 5.41) is 0. The Bertz CT molecular complexity index is 643. The van der Waals surface area contributed by atoms with Gasteiger partial charge in [0.1, 0.15) is 12.1 Å². The Balaban J connectivity index is 1.65. The molecule has 0 N–H and O–H groups in total. The number of rotatable bonds is 4. The van der Waals surface area contributed by atoms with E-state index in [-0.39, 0.29) is 24.7 Å². The fourth-order valence-corrected chi connectivity index (χ4v) is 3.19. The van der Waals surface area contributed by atoms with Crippen LogP contribution in [0.4, 0.5) is 5.82 Å². The van der Waals surface area contributed by atoms with Crippen LogP contribution < -0.4 is 4.90 Å². The van der Waals surface area contributed by atoms with Gasteiger partial charge >= 0.3 is 0 Å². The first-order valence-electron chi connectivity index (χ1n) is 8.69. The number of fused-ring (bicyclic) bond motifs is 1. The maximum atomic E-state index is 12.4. The van der Waals surface area contributed by atoms with Crippen molar-refractivity contribution >= 4 is 17.6 Å². The van der Waals surface area contributed by atoms with Crippen LogP contribution >= 0.6 is 0 Å². The monoisotopic (exact) mass is 347 g/mol. The molecule has 25 heavy (non-hydrogen) atoms. The number of aromatic nitrogens is 2. The normalized spacial score (nSPS) is 17.2. The Labute approximate surface area is 147 Å². The summed E-state index contributed by atoms with van der Waals surface area (Å²) in [5.74, 6) is 0.957. The third-order valence-electron chi connectivity index (χ3n) is 4.70. The van der Waals surface area contributed by atoms with Gasteiger partial charge in [-0.3, -0.25) is 9.59 Å². The molecular weight excluding hydrogens is 322 g/mol. The van der Waals surface area contributed by atoms with Gasteiger partial charge in [0.05, 0.1) is 25.5 Å². The molecule has 0 atom stereocenters. The fourth-order valence-electron chi connectivity index (χ4n) is 3.19. The lowest BCUT2D eigenvalue weighted by atomic mass is 10.0. The standard InChI is InChI=1S/C17H25N5O3/c1-20(2)15(23)3-4-16(24)22-6-5-13-14(11-22)18-12-19-17(13)21-7-9-25-10-8-21/h12H,3-11H2,1-2H3. The molecule has 2 aliphatic rings. The summed E-state index contributed by atoms with van der Waals surface area (Å²) < 4.78 is 5.41. The van der Waals surface area contributed by atoms with Crippen LogP contribution in [-0.4, -0.2) is 78.5 Å². The van der Waals surface area contributed by atoms with Crippen molar-refractivity contribution in [2.75, 3.05) is 51.8 Å². The highest BCUT2D eigenvalue weighted by atomic mass is 16.5. The minimum absolute atomic E-state index is 0.00684. The molecule has 1 saturated heterocycles. The second-order valence-corrected chi connectivity index (χ2v) is 6.58. The second kappa shape index (κ2) is 7.77. The van der Waals surface area contributed by atoms with Crippen LogP contribution in [0, 0.1) is 0 Å². The zero-order chi connectivity index (χ0) is 17.8. The van der Waals surface area contributed by atoms with Gasteiger partial charge in [-0.1, -0.05) is 0 Å². The predicted octanol–water partition coefficient (Wildman–Crippen LogP) is 0.0663. The molecule has 0 aliphatic carbocycles. The third-order valence-corrected chi connectivity index (χ3v) is 4.70. The quantitative estimate of drug-likeness (QED) is 0.767. The number of anilines is 1. The molecule has 2 aliphatic heterocycles. The predicted molar refractivity (Wildman–Crippen MR) is 92.1 cm³/mol. The molecule has 1 fully saturated rings. The number of morpholine rings is 1. The highest BCUT2D eigenvalue weighted by Gasteiger charge is 2.26. The number of amides is 2. The van der Waals surface area contributed by atoms with E-state index in [1.807, 2.05) is 0 Å². The van der Waals surface area contributed by atoms with Gasteiger partial charge in [0, 0.05) is 52.1 Å². The lowest BCUT2D eigenvalue weighted by Gasteiger charge is -2.33. The minimum atomic E-state index is -0.0253. The Kier molecular flexibility index (Phi) is 5.47. The first kappa shape index (κ1) is 17.6. The van der Waals surface area contributed by atoms with E-state index in [1.54, 1.807) is 25.3 Å². The van der Waals surface area contributed by atoms with Crippen LogP contribution in [0.2, 0.25) is 0 Å². The number of ether oxygens (including phenoxy) is 1. The van der Waals surface area contributed by atoms with Crippen LogP contribution in [0.5, 0.6) is 0 Å². The molecule has 0 radical (unpaired) electrons. The summed E-state index contributed by atoms with van der Waals surface area (Å²) in [6.07, 6.45) is 2.81. The molecule has 0 unspecified atom stereocenters. The molecule has 3 rings (SSSR count). The minimum Gasteiger partial charge on any atom is -0.378 e. The van der Waals surface area contributed by atoms with E-state index in [1.165, 1.54) is 4.90 Å². The summed E-state index contributed by atoms with van der Waals surface area (Å²) in [6.45, 7) is 4.22. The van der Waals surface area contributed by atoms with Crippen molar-refractivity contribution in [2.45, 2.75) is 25.8 Å². The molecular formula is C17H25N5O3. The van der Waals surface area contributed by atoms with E-state index in [4.69, 9.17) is 4.74 Å². The average molecular weight is 347 g/mol. The largest absolute Gasteiger partial charge is 0.378 e. The van der Waals surface area contributed by atoms with Crippen molar-refractivity contribution < 1.29 is 14.3 Å². The molecule has 0 saturated carbocycles. The Hall–Kier alpha value is -2.22. The molecule has 1 aromatic rings. The van der Waals surface area contributed by atoms with Crippen LogP contribution in [0.3, 0.4) is 0 Å². The highest BCUT2D eigenvalue weighted by molar-refractivity contribution is 5.83. The first-order chi connectivity index (χ1) is 12.1. The summed E-state index contributed by atoms with van der Waals surface area (Å²) >= 11 is 0. The second-order valence-electron chi connectivity index (χ2n) is 6.58. The van der Waals surface area contributed by atoms with Gasteiger partial charge in [0.25, 0.3) is 0 Å². The molecule has 0 spiro atoms. The SMILES string of the molecule is CN(C)C(=O)CCC(=O)N1CCc2c(ncnc2N2CCOCC2)C1. The van der Waals surface area contributed by atoms with Crippen molar-refractivity contribution in [3.63, 3.8) is 0 Å². The number of carbonyl (C=O) groups excluding carboxylic acids is 2. The zero-order valence-electron chi connectivity index (χ0n) is 14.9. The van der Waals surface area contributed by atoms with Crippen LogP contribution in [0.25, 0.3) is 0 Å². The van der Waals surface area contributed by atoms with Crippen molar-refractivity contribution in [1.29, 1.82) is 0 Å². The third kappa shape index (κ3) is 4.07.